The molecule has 18 heavy (non-hydrogen) atoms. The van der Waals surface area contributed by atoms with Crippen LogP contribution in [-0.4, -0.2) is 24.5 Å². The van der Waals surface area contributed by atoms with Gasteiger partial charge in [0, 0.05) is 23.3 Å². The molecular formula is C15H23NOS. The Kier molecular flexibility index (Phi) is 5.54. The molecule has 2 rings (SSSR count). The largest absolute Gasteiger partial charge is 0.377 e. The van der Waals surface area contributed by atoms with Crippen molar-refractivity contribution in [3.8, 4) is 0 Å². The van der Waals surface area contributed by atoms with Crippen molar-refractivity contribution in [2.75, 3.05) is 13.2 Å². The number of ether oxygens (including phenoxy) is 1. The van der Waals surface area contributed by atoms with Crippen LogP contribution in [0.5, 0.6) is 0 Å². The summed E-state index contributed by atoms with van der Waals surface area (Å²) in [5.74, 6) is 0. The first-order valence-electron chi connectivity index (χ1n) is 6.88. The second-order valence-electron chi connectivity index (χ2n) is 4.81. The van der Waals surface area contributed by atoms with E-state index < -0.39 is 0 Å². The summed E-state index contributed by atoms with van der Waals surface area (Å²) in [5, 5.41) is 4.09. The van der Waals surface area contributed by atoms with E-state index in [1.165, 1.54) is 23.3 Å². The van der Waals surface area contributed by atoms with Crippen LogP contribution in [0.3, 0.4) is 0 Å². The van der Waals surface area contributed by atoms with Crippen LogP contribution in [-0.2, 0) is 11.3 Å². The van der Waals surface area contributed by atoms with E-state index in [-0.39, 0.29) is 0 Å². The second-order valence-corrected chi connectivity index (χ2v) is 6.09. The van der Waals surface area contributed by atoms with Crippen molar-refractivity contribution in [1.82, 2.24) is 5.32 Å². The highest BCUT2D eigenvalue weighted by Gasteiger charge is 2.25. The molecule has 0 saturated carbocycles. The standard InChI is InChI=1S/C15H23NOS/c1-3-9-16-11-13-6-4-5-7-15(13)18-14-8-10-17-12(14)2/h4-7,12,14,16H,3,8-11H2,1-2H3. The molecule has 3 heteroatoms. The number of nitrogens with one attached hydrogen (secondary N) is 1. The van der Waals surface area contributed by atoms with Gasteiger partial charge in [-0.2, -0.15) is 0 Å². The topological polar surface area (TPSA) is 21.3 Å². The van der Waals surface area contributed by atoms with E-state index in [9.17, 15) is 0 Å². The van der Waals surface area contributed by atoms with Gasteiger partial charge in [-0.05, 0) is 37.9 Å². The lowest BCUT2D eigenvalue weighted by Crippen LogP contribution is -2.16. The zero-order valence-corrected chi connectivity index (χ0v) is 12.1. The van der Waals surface area contributed by atoms with Crippen LogP contribution >= 0.6 is 11.8 Å². The van der Waals surface area contributed by atoms with Crippen molar-refractivity contribution < 1.29 is 4.74 Å². The Bertz CT molecular complexity index is 369. The summed E-state index contributed by atoms with van der Waals surface area (Å²) in [6.07, 6.45) is 2.73. The molecule has 1 saturated heterocycles. The molecule has 1 aromatic rings. The zero-order chi connectivity index (χ0) is 12.8. The third kappa shape index (κ3) is 3.74. The average Bonchev–Trinajstić information content (AvgIpc) is 2.78. The number of thioether (sulfide) groups is 1. The SMILES string of the molecule is CCCNCc1ccccc1SC1CCOC1C. The molecule has 0 bridgehead atoms. The molecule has 0 spiro atoms. The third-order valence-corrected chi connectivity index (χ3v) is 4.87. The summed E-state index contributed by atoms with van der Waals surface area (Å²) in [7, 11) is 0. The Morgan fingerprint density at radius 1 is 1.39 bits per heavy atom. The fourth-order valence-corrected chi connectivity index (χ4v) is 3.45. The molecular weight excluding hydrogens is 242 g/mol. The fourth-order valence-electron chi connectivity index (χ4n) is 2.19. The third-order valence-electron chi connectivity index (χ3n) is 3.30. The Hall–Kier alpha value is -0.510. The minimum absolute atomic E-state index is 0.381. The van der Waals surface area contributed by atoms with Crippen molar-refractivity contribution in [3.05, 3.63) is 29.8 Å². The lowest BCUT2D eigenvalue weighted by Gasteiger charge is -2.16. The van der Waals surface area contributed by atoms with Crippen molar-refractivity contribution in [2.24, 2.45) is 0 Å². The fraction of sp³-hybridized carbons (Fsp3) is 0.600. The van der Waals surface area contributed by atoms with E-state index in [2.05, 4.69) is 43.4 Å². The number of rotatable bonds is 6. The van der Waals surface area contributed by atoms with E-state index >= 15 is 0 Å². The molecule has 1 fully saturated rings. The summed E-state index contributed by atoms with van der Waals surface area (Å²) < 4.78 is 5.64. The lowest BCUT2D eigenvalue weighted by molar-refractivity contribution is 0.127. The maximum atomic E-state index is 5.64. The highest BCUT2D eigenvalue weighted by atomic mass is 32.2. The maximum Gasteiger partial charge on any atom is 0.0669 e. The molecule has 0 aliphatic carbocycles. The van der Waals surface area contributed by atoms with E-state index in [0.717, 1.165) is 19.7 Å². The molecule has 1 aliphatic rings. The van der Waals surface area contributed by atoms with Crippen molar-refractivity contribution in [2.45, 2.75) is 49.5 Å². The maximum absolute atomic E-state index is 5.64. The van der Waals surface area contributed by atoms with Gasteiger partial charge in [-0.3, -0.25) is 0 Å². The number of hydrogen-bond donors (Lipinski definition) is 1. The predicted molar refractivity (Wildman–Crippen MR) is 78.1 cm³/mol. The van der Waals surface area contributed by atoms with Crippen molar-refractivity contribution in [3.63, 3.8) is 0 Å². The Balaban J connectivity index is 1.98. The normalized spacial score (nSPS) is 23.4. The van der Waals surface area contributed by atoms with Crippen LogP contribution < -0.4 is 5.32 Å². The number of benzene rings is 1. The lowest BCUT2D eigenvalue weighted by atomic mass is 10.2. The Morgan fingerprint density at radius 3 is 2.94 bits per heavy atom. The molecule has 0 amide bonds. The number of hydrogen-bond acceptors (Lipinski definition) is 3. The van der Waals surface area contributed by atoms with Gasteiger partial charge in [0.25, 0.3) is 0 Å². The van der Waals surface area contributed by atoms with Crippen molar-refractivity contribution in [1.29, 1.82) is 0 Å². The molecule has 100 valence electrons. The van der Waals surface area contributed by atoms with Gasteiger partial charge in [0.15, 0.2) is 0 Å². The summed E-state index contributed by atoms with van der Waals surface area (Å²) in [4.78, 5) is 1.41. The Labute approximate surface area is 114 Å². The molecule has 1 aromatic carbocycles. The highest BCUT2D eigenvalue weighted by molar-refractivity contribution is 8.00. The smallest absolute Gasteiger partial charge is 0.0669 e. The first kappa shape index (κ1) is 13.9. The quantitative estimate of drug-likeness (QED) is 0.796. The summed E-state index contributed by atoms with van der Waals surface area (Å²) in [5.41, 5.74) is 1.41. The van der Waals surface area contributed by atoms with E-state index in [1.807, 2.05) is 11.8 Å². The van der Waals surface area contributed by atoms with Gasteiger partial charge in [-0.25, -0.2) is 0 Å². The summed E-state index contributed by atoms with van der Waals surface area (Å²) >= 11 is 1.98. The summed E-state index contributed by atoms with van der Waals surface area (Å²) in [6, 6.07) is 8.72. The van der Waals surface area contributed by atoms with Gasteiger partial charge in [-0.15, -0.1) is 11.8 Å². The highest BCUT2D eigenvalue weighted by Crippen LogP contribution is 2.34. The zero-order valence-electron chi connectivity index (χ0n) is 11.3. The molecule has 2 atom stereocenters. The van der Waals surface area contributed by atoms with Crippen LogP contribution in [0.1, 0.15) is 32.3 Å². The molecule has 0 radical (unpaired) electrons. The first-order chi connectivity index (χ1) is 8.81. The minimum Gasteiger partial charge on any atom is -0.377 e. The minimum atomic E-state index is 0.381. The van der Waals surface area contributed by atoms with Crippen LogP contribution in [0.4, 0.5) is 0 Å². The monoisotopic (exact) mass is 265 g/mol. The average molecular weight is 265 g/mol. The van der Waals surface area contributed by atoms with Crippen LogP contribution in [0.25, 0.3) is 0 Å². The molecule has 1 N–H and O–H groups in total. The van der Waals surface area contributed by atoms with Gasteiger partial charge in [-0.1, -0.05) is 25.1 Å². The van der Waals surface area contributed by atoms with Crippen LogP contribution in [0, 0.1) is 0 Å². The van der Waals surface area contributed by atoms with Gasteiger partial charge < -0.3 is 10.1 Å². The van der Waals surface area contributed by atoms with Crippen molar-refractivity contribution >= 4 is 11.8 Å². The molecule has 1 aliphatic heterocycles. The molecule has 1 heterocycles. The van der Waals surface area contributed by atoms with Gasteiger partial charge >= 0.3 is 0 Å². The molecule has 2 unspecified atom stereocenters. The second kappa shape index (κ2) is 7.17. The van der Waals surface area contributed by atoms with Gasteiger partial charge in [0.2, 0.25) is 0 Å². The predicted octanol–water partition coefficient (Wildman–Crippen LogP) is 3.46. The Morgan fingerprint density at radius 2 is 2.22 bits per heavy atom. The first-order valence-corrected chi connectivity index (χ1v) is 7.76. The van der Waals surface area contributed by atoms with Gasteiger partial charge in [0.05, 0.1) is 6.10 Å². The summed E-state index contributed by atoms with van der Waals surface area (Å²) in [6.45, 7) is 7.35. The van der Waals surface area contributed by atoms with Crippen LogP contribution in [0.2, 0.25) is 0 Å². The van der Waals surface area contributed by atoms with Crippen LogP contribution in [0.15, 0.2) is 29.2 Å². The van der Waals surface area contributed by atoms with E-state index in [1.54, 1.807) is 0 Å². The van der Waals surface area contributed by atoms with Gasteiger partial charge in [0.1, 0.15) is 0 Å². The molecule has 0 aromatic heterocycles. The van der Waals surface area contributed by atoms with E-state index in [4.69, 9.17) is 4.74 Å². The molecule has 2 nitrogen and oxygen atoms in total. The van der Waals surface area contributed by atoms with E-state index in [0.29, 0.717) is 11.4 Å².